The molecule has 6 nitrogen and oxygen atoms in total. The third-order valence-electron chi connectivity index (χ3n) is 4.10. The van der Waals surface area contributed by atoms with Crippen molar-refractivity contribution in [3.8, 4) is 0 Å². The SMILES string of the molecule is C[C@H](O)[C@H]1NC(=O)[C@H]2CN(Cc3ccc(Cl)s3)CCN2C1=O. The monoisotopic (exact) mass is 343 g/mol. The number of nitrogens with one attached hydrogen (secondary N) is 1. The van der Waals surface area contributed by atoms with Gasteiger partial charge in [-0.3, -0.25) is 14.5 Å². The number of rotatable bonds is 3. The standard InChI is InChI=1S/C14H18ClN3O3S/c1-8(19)12-14(21)18-5-4-17(7-10(18)13(20)16-12)6-9-2-3-11(15)22-9/h2-3,8,10,12,19H,4-7H2,1H3,(H,16,20)/t8-,10+,12+/m0/s1. The molecule has 0 saturated carbocycles. The largest absolute Gasteiger partial charge is 0.391 e. The number of hydrogen-bond acceptors (Lipinski definition) is 5. The van der Waals surface area contributed by atoms with Crippen LogP contribution in [0.15, 0.2) is 12.1 Å². The van der Waals surface area contributed by atoms with Crippen LogP contribution in [0.25, 0.3) is 0 Å². The third kappa shape index (κ3) is 2.99. The summed E-state index contributed by atoms with van der Waals surface area (Å²) >= 11 is 7.46. The molecule has 2 aliphatic rings. The molecule has 2 aliphatic heterocycles. The van der Waals surface area contributed by atoms with Crippen LogP contribution in [0.1, 0.15) is 11.8 Å². The predicted octanol–water partition coefficient (Wildman–Crippen LogP) is 0.293. The van der Waals surface area contributed by atoms with E-state index < -0.39 is 18.2 Å². The number of fused-ring (bicyclic) bond motifs is 1. The number of aliphatic hydroxyl groups excluding tert-OH is 1. The van der Waals surface area contributed by atoms with E-state index in [0.29, 0.717) is 19.6 Å². The van der Waals surface area contributed by atoms with Gasteiger partial charge in [-0.15, -0.1) is 11.3 Å². The Kier molecular flexibility index (Phi) is 4.40. The Morgan fingerprint density at radius 1 is 1.45 bits per heavy atom. The summed E-state index contributed by atoms with van der Waals surface area (Å²) in [5.74, 6) is -0.391. The van der Waals surface area contributed by atoms with Gasteiger partial charge in [0.25, 0.3) is 0 Å². The second kappa shape index (κ2) is 6.16. The summed E-state index contributed by atoms with van der Waals surface area (Å²) in [5, 5.41) is 12.2. The minimum absolute atomic E-state index is 0.195. The van der Waals surface area contributed by atoms with Crippen molar-refractivity contribution in [2.24, 2.45) is 0 Å². The fourth-order valence-corrected chi connectivity index (χ4v) is 4.08. The highest BCUT2D eigenvalue weighted by atomic mass is 35.5. The van der Waals surface area contributed by atoms with E-state index in [4.69, 9.17) is 11.6 Å². The van der Waals surface area contributed by atoms with Gasteiger partial charge in [0.2, 0.25) is 11.8 Å². The normalized spacial score (nSPS) is 27.5. The molecular formula is C14H18ClN3O3S. The van der Waals surface area contributed by atoms with Crippen molar-refractivity contribution in [1.82, 2.24) is 15.1 Å². The van der Waals surface area contributed by atoms with Crippen LogP contribution in [0.3, 0.4) is 0 Å². The molecule has 0 aromatic carbocycles. The average molecular weight is 344 g/mol. The summed E-state index contributed by atoms with van der Waals surface area (Å²) in [6, 6.07) is 2.54. The second-order valence-corrected chi connectivity index (χ2v) is 7.51. The van der Waals surface area contributed by atoms with Gasteiger partial charge in [-0.25, -0.2) is 0 Å². The zero-order chi connectivity index (χ0) is 15.9. The van der Waals surface area contributed by atoms with Crippen LogP contribution in [0.4, 0.5) is 0 Å². The van der Waals surface area contributed by atoms with Gasteiger partial charge in [0.05, 0.1) is 10.4 Å². The number of halogens is 1. The smallest absolute Gasteiger partial charge is 0.248 e. The van der Waals surface area contributed by atoms with Gasteiger partial charge in [0, 0.05) is 31.1 Å². The van der Waals surface area contributed by atoms with E-state index in [1.165, 1.54) is 18.3 Å². The molecule has 0 spiro atoms. The van der Waals surface area contributed by atoms with E-state index in [-0.39, 0.29) is 11.8 Å². The van der Waals surface area contributed by atoms with Crippen molar-refractivity contribution < 1.29 is 14.7 Å². The van der Waals surface area contributed by atoms with Crippen LogP contribution >= 0.6 is 22.9 Å². The molecule has 0 aliphatic carbocycles. The number of carbonyl (C=O) groups excluding carboxylic acids is 2. The van der Waals surface area contributed by atoms with Crippen molar-refractivity contribution in [3.05, 3.63) is 21.3 Å². The summed E-state index contributed by atoms with van der Waals surface area (Å²) in [6.07, 6.45) is -0.885. The van der Waals surface area contributed by atoms with E-state index in [1.54, 1.807) is 4.90 Å². The highest BCUT2D eigenvalue weighted by Gasteiger charge is 2.44. The highest BCUT2D eigenvalue weighted by molar-refractivity contribution is 7.16. The van der Waals surface area contributed by atoms with E-state index in [0.717, 1.165) is 15.8 Å². The highest BCUT2D eigenvalue weighted by Crippen LogP contribution is 2.24. The summed E-state index contributed by atoms with van der Waals surface area (Å²) in [5.41, 5.74) is 0. The maximum Gasteiger partial charge on any atom is 0.248 e. The van der Waals surface area contributed by atoms with Crippen molar-refractivity contribution in [2.75, 3.05) is 19.6 Å². The molecule has 1 aromatic rings. The first-order valence-electron chi connectivity index (χ1n) is 7.21. The fraction of sp³-hybridized carbons (Fsp3) is 0.571. The van der Waals surface area contributed by atoms with Gasteiger partial charge in [0.1, 0.15) is 12.1 Å². The molecule has 2 amide bonds. The number of hydrogen-bond donors (Lipinski definition) is 2. The third-order valence-corrected chi connectivity index (χ3v) is 5.32. The molecule has 2 fully saturated rings. The lowest BCUT2D eigenvalue weighted by Crippen LogP contribution is -2.70. The minimum Gasteiger partial charge on any atom is -0.391 e. The lowest BCUT2D eigenvalue weighted by atomic mass is 10.0. The number of nitrogens with zero attached hydrogens (tertiary/aromatic N) is 2. The number of thiophene rings is 1. The van der Waals surface area contributed by atoms with Gasteiger partial charge in [-0.05, 0) is 19.1 Å². The average Bonchev–Trinajstić information content (AvgIpc) is 2.87. The molecule has 2 saturated heterocycles. The Morgan fingerprint density at radius 2 is 2.23 bits per heavy atom. The Hall–Kier alpha value is -1.15. The molecule has 2 N–H and O–H groups in total. The molecule has 22 heavy (non-hydrogen) atoms. The van der Waals surface area contributed by atoms with Gasteiger partial charge in [-0.2, -0.15) is 0 Å². The Labute approximate surface area is 137 Å². The molecule has 0 unspecified atom stereocenters. The van der Waals surface area contributed by atoms with Crippen molar-refractivity contribution in [3.63, 3.8) is 0 Å². The van der Waals surface area contributed by atoms with Crippen LogP contribution in [-0.4, -0.2) is 64.5 Å². The van der Waals surface area contributed by atoms with Crippen LogP contribution in [-0.2, 0) is 16.1 Å². The first-order valence-corrected chi connectivity index (χ1v) is 8.40. The van der Waals surface area contributed by atoms with E-state index in [1.807, 2.05) is 12.1 Å². The molecule has 3 heterocycles. The van der Waals surface area contributed by atoms with Gasteiger partial charge < -0.3 is 15.3 Å². The molecule has 3 atom stereocenters. The van der Waals surface area contributed by atoms with Crippen molar-refractivity contribution in [2.45, 2.75) is 31.7 Å². The minimum atomic E-state index is -0.885. The fourth-order valence-electron chi connectivity index (χ4n) is 2.95. The van der Waals surface area contributed by atoms with Crippen molar-refractivity contribution >= 4 is 34.8 Å². The van der Waals surface area contributed by atoms with Gasteiger partial charge >= 0.3 is 0 Å². The number of amides is 2. The van der Waals surface area contributed by atoms with Crippen LogP contribution in [0, 0.1) is 0 Å². The van der Waals surface area contributed by atoms with Crippen LogP contribution in [0.2, 0.25) is 4.34 Å². The molecule has 0 radical (unpaired) electrons. The number of piperazine rings is 2. The molecule has 0 bridgehead atoms. The second-order valence-electron chi connectivity index (χ2n) is 5.72. The Morgan fingerprint density at radius 3 is 2.86 bits per heavy atom. The van der Waals surface area contributed by atoms with E-state index >= 15 is 0 Å². The number of carbonyl (C=O) groups is 2. The summed E-state index contributed by atoms with van der Waals surface area (Å²) in [6.45, 7) is 3.94. The molecule has 8 heteroatoms. The first-order chi connectivity index (χ1) is 10.5. The molecular weight excluding hydrogens is 326 g/mol. The maximum atomic E-state index is 12.3. The maximum absolute atomic E-state index is 12.3. The van der Waals surface area contributed by atoms with E-state index in [9.17, 15) is 14.7 Å². The first kappa shape index (κ1) is 15.7. The van der Waals surface area contributed by atoms with E-state index in [2.05, 4.69) is 10.2 Å². The lowest BCUT2D eigenvalue weighted by Gasteiger charge is -2.45. The lowest BCUT2D eigenvalue weighted by molar-refractivity contribution is -0.156. The molecule has 120 valence electrons. The summed E-state index contributed by atoms with van der Waals surface area (Å²) in [7, 11) is 0. The Bertz CT molecular complexity index is 592. The quantitative estimate of drug-likeness (QED) is 0.827. The zero-order valence-electron chi connectivity index (χ0n) is 12.2. The molecule has 1 aromatic heterocycles. The summed E-state index contributed by atoms with van der Waals surface area (Å²) < 4.78 is 0.749. The van der Waals surface area contributed by atoms with Gasteiger partial charge in [0.15, 0.2) is 0 Å². The predicted molar refractivity (Wildman–Crippen MR) is 83.7 cm³/mol. The Balaban J connectivity index is 1.68. The topological polar surface area (TPSA) is 72.9 Å². The van der Waals surface area contributed by atoms with Gasteiger partial charge in [-0.1, -0.05) is 11.6 Å². The van der Waals surface area contributed by atoms with Crippen LogP contribution < -0.4 is 5.32 Å². The van der Waals surface area contributed by atoms with Crippen molar-refractivity contribution in [1.29, 1.82) is 0 Å². The molecule has 3 rings (SSSR count). The number of aliphatic hydroxyl groups is 1. The van der Waals surface area contributed by atoms with Crippen LogP contribution in [0.5, 0.6) is 0 Å². The summed E-state index contributed by atoms with van der Waals surface area (Å²) in [4.78, 5) is 29.4. The zero-order valence-corrected chi connectivity index (χ0v) is 13.7.